The van der Waals surface area contributed by atoms with Crippen molar-refractivity contribution in [1.29, 1.82) is 0 Å². The van der Waals surface area contributed by atoms with Gasteiger partial charge in [-0.2, -0.15) is 10.2 Å². The molecule has 3 unspecified atom stereocenters. The highest BCUT2D eigenvalue weighted by Gasteiger charge is 2.78. The summed E-state index contributed by atoms with van der Waals surface area (Å²) < 4.78 is 30.2. The summed E-state index contributed by atoms with van der Waals surface area (Å²) in [5.74, 6) is -3.86. The number of nitrogens with one attached hydrogen (secondary N) is 3. The molecule has 15 heteroatoms. The first-order valence-electron chi connectivity index (χ1n) is 15.6. The Labute approximate surface area is 262 Å². The number of piperidine rings is 1. The van der Waals surface area contributed by atoms with Crippen molar-refractivity contribution >= 4 is 35.1 Å². The van der Waals surface area contributed by atoms with Gasteiger partial charge in [0.1, 0.15) is 5.82 Å². The summed E-state index contributed by atoms with van der Waals surface area (Å²) in [4.78, 5) is 57.9. The van der Waals surface area contributed by atoms with E-state index in [0.717, 1.165) is 11.4 Å². The third kappa shape index (κ3) is 4.57. The number of hydrogen-bond donors (Lipinski definition) is 3. The summed E-state index contributed by atoms with van der Waals surface area (Å²) in [6, 6.07) is 3.71. The lowest BCUT2D eigenvalue weighted by Crippen LogP contribution is -2.60. The molecule has 3 N–H and O–H groups in total. The average Bonchev–Trinajstić information content (AvgIpc) is 3.38. The monoisotopic (exact) mass is 633 g/mol. The number of amides is 4. The third-order valence-electron chi connectivity index (χ3n) is 10.6. The first-order valence-corrected chi connectivity index (χ1v) is 15.6. The van der Waals surface area contributed by atoms with Crippen LogP contribution in [-0.2, 0) is 33.8 Å². The fourth-order valence-corrected chi connectivity index (χ4v) is 7.53. The number of pyridine rings is 1. The van der Waals surface area contributed by atoms with E-state index in [0.29, 0.717) is 62.5 Å². The molecule has 46 heavy (non-hydrogen) atoms. The van der Waals surface area contributed by atoms with Crippen LogP contribution in [-0.4, -0.2) is 85.6 Å². The van der Waals surface area contributed by atoms with Crippen LogP contribution in [0.15, 0.2) is 30.7 Å². The van der Waals surface area contributed by atoms with Gasteiger partial charge in [0.05, 0.1) is 23.7 Å². The lowest BCUT2D eigenvalue weighted by atomic mass is 9.87. The maximum atomic E-state index is 14.2. The molecule has 0 spiro atoms. The Bertz CT molecular complexity index is 1760. The normalized spacial score (nSPS) is 26.8. The number of fused-ring (bicyclic) bond motifs is 2. The Kier molecular flexibility index (Phi) is 6.35. The van der Waals surface area contributed by atoms with Crippen LogP contribution in [0.1, 0.15) is 53.0 Å². The minimum absolute atomic E-state index is 0.100. The van der Waals surface area contributed by atoms with Crippen molar-refractivity contribution in [3.05, 3.63) is 53.2 Å². The number of carbonyl (C=O) groups excluding carboxylic acids is 4. The number of nitrogens with zero attached hydrogens (tertiary/aromatic N) is 6. The molecule has 2 aliphatic carbocycles. The van der Waals surface area contributed by atoms with Gasteiger partial charge >= 0.3 is 0 Å². The maximum Gasteiger partial charge on any atom is 0.276 e. The molecule has 6 heterocycles. The lowest BCUT2D eigenvalue weighted by Gasteiger charge is -2.46. The molecule has 3 atom stereocenters. The van der Waals surface area contributed by atoms with E-state index in [1.165, 1.54) is 0 Å². The average molecular weight is 634 g/mol. The maximum absolute atomic E-state index is 14.2. The number of imide groups is 1. The van der Waals surface area contributed by atoms with Gasteiger partial charge in [0, 0.05) is 86.5 Å². The molecule has 0 bridgehead atoms. The third-order valence-corrected chi connectivity index (χ3v) is 10.6. The summed E-state index contributed by atoms with van der Waals surface area (Å²) in [5.41, 5.74) is 1.52. The SMILES string of the molecule is CC12Cc3[nH]nc(C(=O)Nc4cnn(CC5CN(C(=O)C6CN(c7ccc(C8CCC(=O)NC8=O)cn7)C6)C5)c4)c3CC1C2(F)F. The zero-order valence-electron chi connectivity index (χ0n) is 25.1. The number of rotatable bonds is 7. The minimum atomic E-state index is -2.73. The number of hydrogen-bond acceptors (Lipinski definition) is 8. The molecule has 1 saturated carbocycles. The smallest absolute Gasteiger partial charge is 0.276 e. The number of aromatic amines is 1. The van der Waals surface area contributed by atoms with E-state index in [4.69, 9.17) is 0 Å². The predicted molar refractivity (Wildman–Crippen MR) is 158 cm³/mol. The molecule has 8 rings (SSSR count). The van der Waals surface area contributed by atoms with Crippen molar-refractivity contribution in [3.8, 4) is 0 Å². The molecule has 4 amide bonds. The van der Waals surface area contributed by atoms with E-state index >= 15 is 0 Å². The van der Waals surface area contributed by atoms with Crippen LogP contribution in [0.2, 0.25) is 0 Å². The molecule has 240 valence electrons. The molecule has 3 aromatic rings. The second-order valence-corrected chi connectivity index (χ2v) is 13.6. The Morgan fingerprint density at radius 1 is 1.13 bits per heavy atom. The molecule has 3 saturated heterocycles. The van der Waals surface area contributed by atoms with Gasteiger partial charge in [0.15, 0.2) is 5.69 Å². The highest BCUT2D eigenvalue weighted by atomic mass is 19.3. The number of alkyl halides is 2. The van der Waals surface area contributed by atoms with Crippen LogP contribution >= 0.6 is 0 Å². The van der Waals surface area contributed by atoms with Gasteiger partial charge in [-0.1, -0.05) is 13.0 Å². The van der Waals surface area contributed by atoms with Crippen LogP contribution in [0.3, 0.4) is 0 Å². The van der Waals surface area contributed by atoms with E-state index in [1.807, 2.05) is 21.9 Å². The van der Waals surface area contributed by atoms with Gasteiger partial charge in [0.25, 0.3) is 11.8 Å². The van der Waals surface area contributed by atoms with Crippen LogP contribution in [0.4, 0.5) is 20.3 Å². The molecule has 5 aliphatic rings. The van der Waals surface area contributed by atoms with Crippen LogP contribution in [0, 0.1) is 23.2 Å². The summed E-state index contributed by atoms with van der Waals surface area (Å²) in [5, 5.41) is 16.4. The van der Waals surface area contributed by atoms with E-state index in [9.17, 15) is 28.0 Å². The molecule has 0 aromatic carbocycles. The van der Waals surface area contributed by atoms with E-state index < -0.39 is 23.2 Å². The molecular weight excluding hydrogens is 600 g/mol. The zero-order valence-corrected chi connectivity index (χ0v) is 25.1. The van der Waals surface area contributed by atoms with Crippen molar-refractivity contribution in [2.75, 3.05) is 36.4 Å². The van der Waals surface area contributed by atoms with Gasteiger partial charge in [0.2, 0.25) is 17.7 Å². The van der Waals surface area contributed by atoms with Gasteiger partial charge in [-0.15, -0.1) is 0 Å². The van der Waals surface area contributed by atoms with Crippen LogP contribution in [0.25, 0.3) is 0 Å². The second-order valence-electron chi connectivity index (χ2n) is 13.6. The van der Waals surface area contributed by atoms with E-state index in [2.05, 4.69) is 30.9 Å². The van der Waals surface area contributed by atoms with Gasteiger partial charge < -0.3 is 15.1 Å². The molecule has 3 aliphatic heterocycles. The molecule has 13 nitrogen and oxygen atoms in total. The summed E-state index contributed by atoms with van der Waals surface area (Å²) in [6.07, 6.45) is 6.03. The Morgan fingerprint density at radius 2 is 1.93 bits per heavy atom. The molecule has 0 radical (unpaired) electrons. The number of aromatic nitrogens is 5. The van der Waals surface area contributed by atoms with Crippen molar-refractivity contribution in [2.24, 2.45) is 23.2 Å². The Hall–Kier alpha value is -4.69. The molecular formula is C31H33F2N9O4. The standard InChI is InChI=1S/C31H33F2N9O4/c1-30-7-22-21(6-23(30)31(30,32)33)26(39-38-22)28(45)36-19-9-35-42(15-19)12-16-10-41(11-16)29(46)18-13-40(14-18)24-4-2-17(8-34-24)20-3-5-25(43)37-27(20)44/h2,4,8-9,15-16,18,20,23H,3,5-7,10-14H2,1H3,(H,36,45)(H,38,39)(H,37,43,44). The van der Waals surface area contributed by atoms with Gasteiger partial charge in [-0.3, -0.25) is 34.3 Å². The molecule has 4 fully saturated rings. The van der Waals surface area contributed by atoms with Crippen LogP contribution in [0.5, 0.6) is 0 Å². The lowest BCUT2D eigenvalue weighted by molar-refractivity contribution is -0.143. The number of H-pyrrole nitrogens is 1. The van der Waals surface area contributed by atoms with Gasteiger partial charge in [-0.05, 0) is 24.5 Å². The number of likely N-dealkylation sites (tertiary alicyclic amines) is 1. The summed E-state index contributed by atoms with van der Waals surface area (Å²) in [6.45, 7) is 4.58. The Balaban J connectivity index is 0.787. The number of carbonyl (C=O) groups is 4. The van der Waals surface area contributed by atoms with Crippen molar-refractivity contribution < 1.29 is 28.0 Å². The summed E-state index contributed by atoms with van der Waals surface area (Å²) >= 11 is 0. The van der Waals surface area contributed by atoms with Gasteiger partial charge in [-0.25, -0.2) is 13.8 Å². The topological polar surface area (TPSA) is 158 Å². The first kappa shape index (κ1) is 28.8. The first-order chi connectivity index (χ1) is 22.0. The quantitative estimate of drug-likeness (QED) is 0.332. The number of anilines is 2. The summed E-state index contributed by atoms with van der Waals surface area (Å²) in [7, 11) is 0. The fourth-order valence-electron chi connectivity index (χ4n) is 7.53. The van der Waals surface area contributed by atoms with Crippen molar-refractivity contribution in [2.45, 2.75) is 51.0 Å². The van der Waals surface area contributed by atoms with E-state index in [-0.39, 0.29) is 54.0 Å². The largest absolute Gasteiger partial charge is 0.355 e. The highest BCUT2D eigenvalue weighted by Crippen LogP contribution is 2.70. The predicted octanol–water partition coefficient (Wildman–Crippen LogP) is 1.74. The van der Waals surface area contributed by atoms with Crippen molar-refractivity contribution in [3.63, 3.8) is 0 Å². The van der Waals surface area contributed by atoms with Crippen LogP contribution < -0.4 is 15.5 Å². The molecule has 3 aromatic heterocycles. The van der Waals surface area contributed by atoms with E-state index in [1.54, 1.807) is 30.2 Å². The van der Waals surface area contributed by atoms with Crippen molar-refractivity contribution in [1.82, 2.24) is 35.2 Å². The zero-order chi connectivity index (χ0) is 32.0. The minimum Gasteiger partial charge on any atom is -0.355 e. The number of halogens is 2. The highest BCUT2D eigenvalue weighted by molar-refractivity contribution is 6.04. The Morgan fingerprint density at radius 3 is 2.67 bits per heavy atom. The fraction of sp³-hybridized carbons (Fsp3) is 0.516. The second kappa shape index (κ2) is 10.2.